The standard InChI is InChI=1S/C16H22N4O3S.ClH/c1-23-10-16(3-5-17-6-4-16)9-18-13(21)8-20-11-19-14-12(15(20)22)2-7-24-14;/h2,7,11,17H,3-6,8-10H2,1H3,(H,18,21);1H. The van der Waals surface area contributed by atoms with Crippen LogP contribution in [0.15, 0.2) is 22.6 Å². The lowest BCUT2D eigenvalue weighted by atomic mass is 9.79. The van der Waals surface area contributed by atoms with Crippen LogP contribution in [0.2, 0.25) is 0 Å². The topological polar surface area (TPSA) is 85.2 Å². The van der Waals surface area contributed by atoms with E-state index in [0.29, 0.717) is 23.4 Å². The first kappa shape index (κ1) is 19.8. The Kier molecular flexibility index (Phi) is 6.95. The van der Waals surface area contributed by atoms with Gasteiger partial charge in [-0.15, -0.1) is 23.7 Å². The number of thiophene rings is 1. The Morgan fingerprint density at radius 3 is 2.96 bits per heavy atom. The highest BCUT2D eigenvalue weighted by Gasteiger charge is 2.32. The fourth-order valence-corrected chi connectivity index (χ4v) is 3.86. The maximum Gasteiger partial charge on any atom is 0.262 e. The molecular formula is C16H23ClN4O3S. The number of hydrogen-bond acceptors (Lipinski definition) is 6. The molecule has 0 saturated carbocycles. The zero-order chi connectivity index (χ0) is 17.0. The second kappa shape index (κ2) is 8.75. The average Bonchev–Trinajstić information content (AvgIpc) is 3.06. The molecule has 2 N–H and O–H groups in total. The lowest BCUT2D eigenvalue weighted by Crippen LogP contribution is -2.48. The van der Waals surface area contributed by atoms with Crippen molar-refractivity contribution in [1.29, 1.82) is 0 Å². The quantitative estimate of drug-likeness (QED) is 0.774. The average molecular weight is 387 g/mol. The molecule has 1 saturated heterocycles. The van der Waals surface area contributed by atoms with E-state index in [4.69, 9.17) is 4.74 Å². The van der Waals surface area contributed by atoms with Gasteiger partial charge in [0, 0.05) is 19.1 Å². The fourth-order valence-electron chi connectivity index (χ4n) is 3.14. The van der Waals surface area contributed by atoms with Crippen LogP contribution in [0.1, 0.15) is 12.8 Å². The van der Waals surface area contributed by atoms with Crippen LogP contribution in [0.3, 0.4) is 0 Å². The van der Waals surface area contributed by atoms with Crippen LogP contribution in [0.25, 0.3) is 10.2 Å². The Balaban J connectivity index is 0.00000225. The van der Waals surface area contributed by atoms with Crippen LogP contribution in [-0.2, 0) is 16.1 Å². The van der Waals surface area contributed by atoms with E-state index in [2.05, 4.69) is 15.6 Å². The summed E-state index contributed by atoms with van der Waals surface area (Å²) in [5, 5.41) is 8.68. The summed E-state index contributed by atoms with van der Waals surface area (Å²) >= 11 is 1.42. The van der Waals surface area contributed by atoms with Crippen molar-refractivity contribution in [2.24, 2.45) is 5.41 Å². The molecule has 9 heteroatoms. The SMILES string of the molecule is COCC1(CNC(=O)Cn2cnc3sccc3c2=O)CCNCC1.Cl. The Morgan fingerprint density at radius 2 is 2.24 bits per heavy atom. The maximum absolute atomic E-state index is 12.3. The summed E-state index contributed by atoms with van der Waals surface area (Å²) in [7, 11) is 1.69. The third-order valence-electron chi connectivity index (χ3n) is 4.54. The summed E-state index contributed by atoms with van der Waals surface area (Å²) in [6, 6.07) is 1.74. The van der Waals surface area contributed by atoms with Gasteiger partial charge < -0.3 is 15.4 Å². The number of nitrogens with zero attached hydrogens (tertiary/aromatic N) is 2. The van der Waals surface area contributed by atoms with Crippen molar-refractivity contribution in [3.8, 4) is 0 Å². The van der Waals surface area contributed by atoms with E-state index >= 15 is 0 Å². The number of halogens is 1. The molecule has 0 radical (unpaired) electrons. The van der Waals surface area contributed by atoms with E-state index in [1.165, 1.54) is 22.2 Å². The van der Waals surface area contributed by atoms with Gasteiger partial charge in [-0.1, -0.05) is 0 Å². The molecule has 0 aliphatic carbocycles. The first-order chi connectivity index (χ1) is 11.6. The van der Waals surface area contributed by atoms with Crippen molar-refractivity contribution in [3.63, 3.8) is 0 Å². The molecule has 3 heterocycles. The molecule has 0 bridgehead atoms. The first-order valence-electron chi connectivity index (χ1n) is 8.03. The minimum atomic E-state index is -0.178. The van der Waals surface area contributed by atoms with Crippen LogP contribution in [0, 0.1) is 5.41 Å². The minimum absolute atomic E-state index is 0. The zero-order valence-electron chi connectivity index (χ0n) is 14.1. The molecule has 1 aliphatic rings. The van der Waals surface area contributed by atoms with E-state index in [1.807, 2.05) is 5.38 Å². The van der Waals surface area contributed by atoms with E-state index in [0.717, 1.165) is 25.9 Å². The number of methoxy groups -OCH3 is 1. The molecule has 1 amide bonds. The van der Waals surface area contributed by atoms with Crippen molar-refractivity contribution in [1.82, 2.24) is 20.2 Å². The Bertz CT molecular complexity index is 765. The van der Waals surface area contributed by atoms with E-state index in [-0.39, 0.29) is 35.8 Å². The van der Waals surface area contributed by atoms with Crippen LogP contribution in [0.4, 0.5) is 0 Å². The second-order valence-electron chi connectivity index (χ2n) is 6.28. The van der Waals surface area contributed by atoms with E-state index in [1.54, 1.807) is 13.2 Å². The van der Waals surface area contributed by atoms with Crippen LogP contribution in [-0.4, -0.2) is 48.8 Å². The Morgan fingerprint density at radius 1 is 1.48 bits per heavy atom. The zero-order valence-corrected chi connectivity index (χ0v) is 15.8. The highest BCUT2D eigenvalue weighted by atomic mass is 35.5. The molecule has 0 atom stereocenters. The molecule has 2 aromatic heterocycles. The molecule has 2 aromatic rings. The Labute approximate surface area is 156 Å². The predicted octanol–water partition coefficient (Wildman–Crippen LogP) is 1.01. The number of carbonyl (C=O) groups excluding carboxylic acids is 1. The van der Waals surface area contributed by atoms with Gasteiger partial charge in [-0.2, -0.15) is 0 Å². The first-order valence-corrected chi connectivity index (χ1v) is 8.90. The molecule has 25 heavy (non-hydrogen) atoms. The van der Waals surface area contributed by atoms with Crippen molar-refractivity contribution >= 4 is 39.9 Å². The van der Waals surface area contributed by atoms with Gasteiger partial charge in [-0.05, 0) is 37.4 Å². The van der Waals surface area contributed by atoms with E-state index in [9.17, 15) is 9.59 Å². The normalized spacial score (nSPS) is 16.4. The summed E-state index contributed by atoms with van der Waals surface area (Å²) in [5.74, 6) is -0.178. The molecular weight excluding hydrogens is 364 g/mol. The second-order valence-corrected chi connectivity index (χ2v) is 7.17. The molecule has 3 rings (SSSR count). The van der Waals surface area contributed by atoms with Crippen molar-refractivity contribution < 1.29 is 9.53 Å². The van der Waals surface area contributed by atoms with Crippen LogP contribution >= 0.6 is 23.7 Å². The number of ether oxygens (including phenoxy) is 1. The number of piperidine rings is 1. The lowest BCUT2D eigenvalue weighted by Gasteiger charge is -2.37. The molecule has 0 unspecified atom stereocenters. The fraction of sp³-hybridized carbons (Fsp3) is 0.562. The number of nitrogens with one attached hydrogen (secondary N) is 2. The smallest absolute Gasteiger partial charge is 0.262 e. The van der Waals surface area contributed by atoms with Crippen molar-refractivity contribution in [2.45, 2.75) is 19.4 Å². The highest BCUT2D eigenvalue weighted by Crippen LogP contribution is 2.28. The number of rotatable bonds is 6. The molecule has 138 valence electrons. The summed E-state index contributed by atoms with van der Waals surface area (Å²) in [4.78, 5) is 29.5. The van der Waals surface area contributed by atoms with Crippen molar-refractivity contribution in [3.05, 3.63) is 28.1 Å². The van der Waals surface area contributed by atoms with Gasteiger partial charge in [0.15, 0.2) is 0 Å². The number of fused-ring (bicyclic) bond motifs is 1. The van der Waals surface area contributed by atoms with E-state index < -0.39 is 0 Å². The van der Waals surface area contributed by atoms with Gasteiger partial charge >= 0.3 is 0 Å². The number of aromatic nitrogens is 2. The Hall–Kier alpha value is -1.48. The lowest BCUT2D eigenvalue weighted by molar-refractivity contribution is -0.122. The predicted molar refractivity (Wildman–Crippen MR) is 101 cm³/mol. The van der Waals surface area contributed by atoms with Crippen LogP contribution in [0.5, 0.6) is 0 Å². The van der Waals surface area contributed by atoms with Gasteiger partial charge in [0.1, 0.15) is 11.4 Å². The molecule has 0 spiro atoms. The van der Waals surface area contributed by atoms with Gasteiger partial charge in [0.25, 0.3) is 5.56 Å². The summed E-state index contributed by atoms with van der Waals surface area (Å²) < 4.78 is 6.71. The number of carbonyl (C=O) groups is 1. The van der Waals surface area contributed by atoms with Crippen LogP contribution < -0.4 is 16.2 Å². The summed E-state index contributed by atoms with van der Waals surface area (Å²) in [6.45, 7) is 3.02. The minimum Gasteiger partial charge on any atom is -0.384 e. The summed E-state index contributed by atoms with van der Waals surface area (Å²) in [6.07, 6.45) is 3.36. The van der Waals surface area contributed by atoms with Gasteiger partial charge in [-0.3, -0.25) is 14.2 Å². The van der Waals surface area contributed by atoms with Crippen molar-refractivity contribution in [2.75, 3.05) is 33.4 Å². The third-order valence-corrected chi connectivity index (χ3v) is 5.36. The highest BCUT2D eigenvalue weighted by molar-refractivity contribution is 7.16. The molecule has 1 fully saturated rings. The van der Waals surface area contributed by atoms with Gasteiger partial charge in [0.2, 0.25) is 5.91 Å². The van der Waals surface area contributed by atoms with Gasteiger partial charge in [-0.25, -0.2) is 4.98 Å². The van der Waals surface area contributed by atoms with Gasteiger partial charge in [0.05, 0.1) is 18.3 Å². The summed E-state index contributed by atoms with van der Waals surface area (Å²) in [5.41, 5.74) is -0.208. The third kappa shape index (κ3) is 4.58. The monoisotopic (exact) mass is 386 g/mol. The molecule has 1 aliphatic heterocycles. The molecule has 7 nitrogen and oxygen atoms in total. The largest absolute Gasteiger partial charge is 0.384 e. The number of hydrogen-bond donors (Lipinski definition) is 2. The maximum atomic E-state index is 12.3. The number of amides is 1. The molecule has 0 aromatic carbocycles.